The van der Waals surface area contributed by atoms with Gasteiger partial charge in [-0.25, -0.2) is 13.6 Å². The fourth-order valence-corrected chi connectivity index (χ4v) is 2.66. The minimum atomic E-state index is -2.88. The quantitative estimate of drug-likeness (QED) is 0.726. The van der Waals surface area contributed by atoms with Crippen LogP contribution in [0.4, 0.5) is 13.6 Å². The summed E-state index contributed by atoms with van der Waals surface area (Å²) in [5, 5.41) is 2.85. The van der Waals surface area contributed by atoms with Crippen LogP contribution in [0, 0.1) is 0 Å². The van der Waals surface area contributed by atoms with Crippen molar-refractivity contribution >= 4 is 6.09 Å². The molecule has 1 N–H and O–H groups in total. The van der Waals surface area contributed by atoms with Gasteiger partial charge in [-0.05, 0) is 34.1 Å². The van der Waals surface area contributed by atoms with Gasteiger partial charge in [0.15, 0.2) is 0 Å². The lowest BCUT2D eigenvalue weighted by Gasteiger charge is -2.27. The molecule has 0 radical (unpaired) electrons. The van der Waals surface area contributed by atoms with Gasteiger partial charge in [-0.15, -0.1) is 0 Å². The lowest BCUT2D eigenvalue weighted by molar-refractivity contribution is -0.0171. The van der Waals surface area contributed by atoms with Gasteiger partial charge in [0.25, 0.3) is 5.92 Å². The molecular formula is C12H20F2N2O2. The Morgan fingerprint density at radius 3 is 2.61 bits per heavy atom. The van der Waals surface area contributed by atoms with E-state index in [-0.39, 0.29) is 6.04 Å². The molecule has 0 bridgehead atoms. The maximum Gasteiger partial charge on any atom is 0.410 e. The number of carbonyl (C=O) groups is 1. The summed E-state index contributed by atoms with van der Waals surface area (Å²) in [4.78, 5) is 13.1. The lowest BCUT2D eigenvalue weighted by atomic mass is 10.1. The topological polar surface area (TPSA) is 41.6 Å². The van der Waals surface area contributed by atoms with Crippen LogP contribution in [0.15, 0.2) is 0 Å². The Hall–Kier alpha value is -0.910. The number of amides is 1. The number of hydrogen-bond acceptors (Lipinski definition) is 3. The number of alkyl halides is 2. The highest BCUT2D eigenvalue weighted by Gasteiger charge is 2.59. The second-order valence-corrected chi connectivity index (χ2v) is 6.22. The van der Waals surface area contributed by atoms with E-state index >= 15 is 0 Å². The van der Waals surface area contributed by atoms with Crippen LogP contribution in [0.1, 0.15) is 34.1 Å². The van der Waals surface area contributed by atoms with Gasteiger partial charge in [0, 0.05) is 6.04 Å². The molecule has 0 aromatic carbocycles. The Morgan fingerprint density at radius 2 is 2.06 bits per heavy atom. The predicted octanol–water partition coefficient (Wildman–Crippen LogP) is 1.99. The van der Waals surface area contributed by atoms with E-state index < -0.39 is 36.2 Å². The molecule has 2 fully saturated rings. The van der Waals surface area contributed by atoms with E-state index in [2.05, 4.69) is 5.32 Å². The molecule has 6 heteroatoms. The molecule has 0 aliphatic carbocycles. The van der Waals surface area contributed by atoms with Crippen molar-refractivity contribution in [3.05, 3.63) is 0 Å². The zero-order chi connectivity index (χ0) is 13.7. The van der Waals surface area contributed by atoms with Crippen molar-refractivity contribution in [3.63, 3.8) is 0 Å². The first-order chi connectivity index (χ1) is 8.10. The van der Waals surface area contributed by atoms with Gasteiger partial charge in [-0.3, -0.25) is 4.90 Å². The lowest BCUT2D eigenvalue weighted by Crippen LogP contribution is -2.43. The molecule has 0 aromatic heterocycles. The first kappa shape index (κ1) is 13.5. The van der Waals surface area contributed by atoms with E-state index in [0.717, 1.165) is 0 Å². The van der Waals surface area contributed by atoms with Crippen LogP contribution in [-0.2, 0) is 4.74 Å². The molecule has 0 spiro atoms. The summed E-state index contributed by atoms with van der Waals surface area (Å²) in [7, 11) is 0. The fraction of sp³-hybridized carbons (Fsp3) is 0.917. The Morgan fingerprint density at radius 1 is 1.44 bits per heavy atom. The molecule has 2 heterocycles. The van der Waals surface area contributed by atoms with Crippen molar-refractivity contribution in [1.29, 1.82) is 0 Å². The third-order valence-electron chi connectivity index (χ3n) is 3.31. The van der Waals surface area contributed by atoms with E-state index in [1.165, 1.54) is 4.90 Å². The van der Waals surface area contributed by atoms with Crippen LogP contribution in [0.5, 0.6) is 0 Å². The highest BCUT2D eigenvalue weighted by Crippen LogP contribution is 2.39. The number of likely N-dealkylation sites (tertiary alicyclic amines) is 1. The Balaban J connectivity index is 2.13. The largest absolute Gasteiger partial charge is 0.444 e. The minimum Gasteiger partial charge on any atom is -0.444 e. The molecule has 0 saturated carbocycles. The number of nitrogens with zero attached hydrogens (tertiary/aromatic N) is 1. The molecule has 4 nitrogen and oxygen atoms in total. The van der Waals surface area contributed by atoms with Gasteiger partial charge < -0.3 is 10.1 Å². The summed E-state index contributed by atoms with van der Waals surface area (Å²) in [6.45, 7) is 6.48. The van der Waals surface area contributed by atoms with Gasteiger partial charge in [-0.2, -0.15) is 0 Å². The maximum absolute atomic E-state index is 13.8. The number of hydrogen-bond donors (Lipinski definition) is 1. The maximum atomic E-state index is 13.8. The number of fused-ring (bicyclic) bond motifs is 1. The zero-order valence-corrected chi connectivity index (χ0v) is 11.2. The van der Waals surface area contributed by atoms with E-state index in [0.29, 0.717) is 6.42 Å². The SMILES string of the molecule is CC1CC2C(N1)C(F)(F)CN2C(=O)OC(C)(C)C. The van der Waals surface area contributed by atoms with Crippen LogP contribution in [0.2, 0.25) is 0 Å². The number of halogens is 2. The number of ether oxygens (including phenoxy) is 1. The molecule has 2 aliphatic rings. The van der Waals surface area contributed by atoms with Crippen molar-refractivity contribution in [2.75, 3.05) is 6.54 Å². The van der Waals surface area contributed by atoms with E-state index in [4.69, 9.17) is 4.74 Å². The number of rotatable bonds is 0. The third kappa shape index (κ3) is 2.43. The first-order valence-electron chi connectivity index (χ1n) is 6.24. The van der Waals surface area contributed by atoms with E-state index in [1.54, 1.807) is 20.8 Å². The average Bonchev–Trinajstić information content (AvgIpc) is 2.62. The van der Waals surface area contributed by atoms with Gasteiger partial charge in [0.2, 0.25) is 0 Å². The summed E-state index contributed by atoms with van der Waals surface area (Å²) < 4.78 is 32.8. The zero-order valence-electron chi connectivity index (χ0n) is 11.2. The molecule has 2 aliphatic heterocycles. The van der Waals surface area contributed by atoms with Crippen LogP contribution in [-0.4, -0.2) is 47.2 Å². The van der Waals surface area contributed by atoms with Crippen LogP contribution >= 0.6 is 0 Å². The number of nitrogens with one attached hydrogen (secondary N) is 1. The normalized spacial score (nSPS) is 34.6. The van der Waals surface area contributed by atoms with Gasteiger partial charge in [-0.1, -0.05) is 0 Å². The molecular weight excluding hydrogens is 242 g/mol. The van der Waals surface area contributed by atoms with Crippen LogP contribution in [0.25, 0.3) is 0 Å². The Kier molecular flexibility index (Phi) is 3.04. The molecule has 1 amide bonds. The summed E-state index contributed by atoms with van der Waals surface area (Å²) in [6.07, 6.45) is -0.106. The highest BCUT2D eigenvalue weighted by atomic mass is 19.3. The molecule has 2 rings (SSSR count). The van der Waals surface area contributed by atoms with E-state index in [9.17, 15) is 13.6 Å². The van der Waals surface area contributed by atoms with Gasteiger partial charge in [0.1, 0.15) is 5.60 Å². The van der Waals surface area contributed by atoms with Gasteiger partial charge >= 0.3 is 6.09 Å². The molecule has 18 heavy (non-hydrogen) atoms. The minimum absolute atomic E-state index is 0.00360. The molecule has 3 atom stereocenters. The summed E-state index contributed by atoms with van der Waals surface area (Å²) in [6, 6.07) is -1.42. The highest BCUT2D eigenvalue weighted by molar-refractivity contribution is 5.69. The predicted molar refractivity (Wildman–Crippen MR) is 62.7 cm³/mol. The fourth-order valence-electron chi connectivity index (χ4n) is 2.66. The first-order valence-corrected chi connectivity index (χ1v) is 6.24. The molecule has 0 aromatic rings. The monoisotopic (exact) mass is 262 g/mol. The smallest absolute Gasteiger partial charge is 0.410 e. The summed E-state index contributed by atoms with van der Waals surface area (Å²) in [5.74, 6) is -2.88. The van der Waals surface area contributed by atoms with Crippen molar-refractivity contribution in [3.8, 4) is 0 Å². The van der Waals surface area contributed by atoms with Crippen molar-refractivity contribution < 1.29 is 18.3 Å². The van der Waals surface area contributed by atoms with Gasteiger partial charge in [0.05, 0.1) is 18.6 Å². The second-order valence-electron chi connectivity index (χ2n) is 6.22. The van der Waals surface area contributed by atoms with E-state index in [1.807, 2.05) is 6.92 Å². The van der Waals surface area contributed by atoms with Crippen molar-refractivity contribution in [1.82, 2.24) is 10.2 Å². The van der Waals surface area contributed by atoms with Crippen molar-refractivity contribution in [2.24, 2.45) is 0 Å². The Bertz CT molecular complexity index is 354. The molecule has 3 unspecified atom stereocenters. The van der Waals surface area contributed by atoms with Crippen LogP contribution < -0.4 is 5.32 Å². The molecule has 2 saturated heterocycles. The Labute approximate surface area is 106 Å². The molecule has 104 valence electrons. The van der Waals surface area contributed by atoms with Crippen LogP contribution in [0.3, 0.4) is 0 Å². The standard InChI is InChI=1S/C12H20F2N2O2/c1-7-5-8-9(15-7)12(13,14)6-16(8)10(17)18-11(2,3)4/h7-9,15H,5-6H2,1-4H3. The second kappa shape index (κ2) is 4.05. The average molecular weight is 262 g/mol. The third-order valence-corrected chi connectivity index (χ3v) is 3.31. The van der Waals surface area contributed by atoms with Crippen molar-refractivity contribution in [2.45, 2.75) is 63.8 Å². The summed E-state index contributed by atoms with van der Waals surface area (Å²) in [5.41, 5.74) is -0.665. The number of carbonyl (C=O) groups excluding carboxylic acids is 1. The summed E-state index contributed by atoms with van der Waals surface area (Å²) >= 11 is 0.